The Morgan fingerprint density at radius 1 is 1.33 bits per heavy atom. The highest BCUT2D eigenvalue weighted by molar-refractivity contribution is 14.0. The summed E-state index contributed by atoms with van der Waals surface area (Å²) in [7, 11) is 1.63. The third kappa shape index (κ3) is 6.88. The fraction of sp³-hybridized carbons (Fsp3) is 0.533. The van der Waals surface area contributed by atoms with E-state index in [0.29, 0.717) is 25.2 Å². The van der Waals surface area contributed by atoms with Crippen molar-refractivity contribution in [2.45, 2.75) is 39.8 Å². The van der Waals surface area contributed by atoms with Gasteiger partial charge in [0.05, 0.1) is 20.3 Å². The highest BCUT2D eigenvalue weighted by Crippen LogP contribution is 2.28. The third-order valence-electron chi connectivity index (χ3n) is 2.97. The van der Waals surface area contributed by atoms with Gasteiger partial charge in [0.25, 0.3) is 0 Å². The number of nitrogens with one attached hydrogen (secondary N) is 1. The molecule has 1 atom stereocenters. The van der Waals surface area contributed by atoms with Crippen LogP contribution in [0.4, 0.5) is 0 Å². The largest absolute Gasteiger partial charge is 0.493 e. The minimum absolute atomic E-state index is 0. The molecule has 0 heterocycles. The van der Waals surface area contributed by atoms with Crippen molar-refractivity contribution in [1.29, 1.82) is 0 Å². The van der Waals surface area contributed by atoms with Gasteiger partial charge < -0.3 is 20.5 Å². The average Bonchev–Trinajstić information content (AvgIpc) is 2.45. The van der Waals surface area contributed by atoms with E-state index in [4.69, 9.17) is 15.2 Å². The van der Waals surface area contributed by atoms with E-state index in [1.807, 2.05) is 25.1 Å². The average molecular weight is 407 g/mol. The zero-order valence-electron chi connectivity index (χ0n) is 13.2. The van der Waals surface area contributed by atoms with Crippen molar-refractivity contribution in [3.05, 3.63) is 23.8 Å². The van der Waals surface area contributed by atoms with Crippen molar-refractivity contribution < 1.29 is 9.47 Å². The van der Waals surface area contributed by atoms with E-state index in [-0.39, 0.29) is 24.0 Å². The molecule has 3 N–H and O–H groups in total. The molecule has 1 unspecified atom stereocenters. The van der Waals surface area contributed by atoms with E-state index in [1.54, 1.807) is 7.11 Å². The predicted octanol–water partition coefficient (Wildman–Crippen LogP) is 2.91. The SMILES string of the molecule is CCOc1cc(CN=C(N)NC(C)CC)ccc1OC.I. The minimum atomic E-state index is 0. The first-order valence-corrected chi connectivity index (χ1v) is 6.96. The second-order valence-electron chi connectivity index (χ2n) is 4.57. The van der Waals surface area contributed by atoms with Crippen molar-refractivity contribution >= 4 is 29.9 Å². The molecule has 0 radical (unpaired) electrons. The van der Waals surface area contributed by atoms with Crippen LogP contribution in [0.1, 0.15) is 32.8 Å². The first kappa shape index (κ1) is 19.8. The molecule has 0 fully saturated rings. The first-order chi connectivity index (χ1) is 9.60. The lowest BCUT2D eigenvalue weighted by Crippen LogP contribution is -2.38. The quantitative estimate of drug-likeness (QED) is 0.414. The molecule has 0 aliphatic carbocycles. The van der Waals surface area contributed by atoms with Gasteiger partial charge in [0.1, 0.15) is 0 Å². The molecule has 0 amide bonds. The zero-order valence-corrected chi connectivity index (χ0v) is 15.5. The molecule has 6 heteroatoms. The fourth-order valence-corrected chi connectivity index (χ4v) is 1.66. The molecule has 1 aromatic carbocycles. The van der Waals surface area contributed by atoms with Crippen LogP contribution >= 0.6 is 24.0 Å². The maximum absolute atomic E-state index is 5.83. The molecule has 5 nitrogen and oxygen atoms in total. The smallest absolute Gasteiger partial charge is 0.189 e. The number of hydrogen-bond acceptors (Lipinski definition) is 3. The van der Waals surface area contributed by atoms with Gasteiger partial charge in [-0.15, -0.1) is 24.0 Å². The van der Waals surface area contributed by atoms with E-state index in [0.717, 1.165) is 23.5 Å². The van der Waals surface area contributed by atoms with Crippen molar-refractivity contribution in [1.82, 2.24) is 5.32 Å². The van der Waals surface area contributed by atoms with E-state index in [9.17, 15) is 0 Å². The van der Waals surface area contributed by atoms with Gasteiger partial charge >= 0.3 is 0 Å². The monoisotopic (exact) mass is 407 g/mol. The van der Waals surface area contributed by atoms with Crippen LogP contribution in [0.2, 0.25) is 0 Å². The molecule has 0 spiro atoms. The molecular formula is C15H26IN3O2. The van der Waals surface area contributed by atoms with Gasteiger partial charge in [0.15, 0.2) is 17.5 Å². The van der Waals surface area contributed by atoms with Crippen LogP contribution in [0.5, 0.6) is 11.5 Å². The topological polar surface area (TPSA) is 68.9 Å². The van der Waals surface area contributed by atoms with Gasteiger partial charge in [-0.1, -0.05) is 13.0 Å². The number of rotatable bonds is 7. The summed E-state index contributed by atoms with van der Waals surface area (Å²) >= 11 is 0. The lowest BCUT2D eigenvalue weighted by molar-refractivity contribution is 0.310. The van der Waals surface area contributed by atoms with Crippen molar-refractivity contribution in [3.63, 3.8) is 0 Å². The van der Waals surface area contributed by atoms with Crippen LogP contribution in [-0.4, -0.2) is 25.7 Å². The Bertz CT molecular complexity index is 453. The molecule has 0 aliphatic rings. The number of nitrogens with two attached hydrogens (primary N) is 1. The van der Waals surface area contributed by atoms with Crippen LogP contribution in [0.25, 0.3) is 0 Å². The van der Waals surface area contributed by atoms with Crippen molar-refractivity contribution in [2.75, 3.05) is 13.7 Å². The summed E-state index contributed by atoms with van der Waals surface area (Å²) < 4.78 is 10.8. The van der Waals surface area contributed by atoms with E-state index >= 15 is 0 Å². The normalized spacial score (nSPS) is 12.3. The predicted molar refractivity (Wildman–Crippen MR) is 97.8 cm³/mol. The maximum atomic E-state index is 5.83. The van der Waals surface area contributed by atoms with Gasteiger partial charge in [-0.2, -0.15) is 0 Å². The van der Waals surface area contributed by atoms with Crippen molar-refractivity contribution in [3.8, 4) is 11.5 Å². The second-order valence-corrected chi connectivity index (χ2v) is 4.57. The molecule has 1 rings (SSSR count). The molecule has 0 aliphatic heterocycles. The summed E-state index contributed by atoms with van der Waals surface area (Å²) in [6, 6.07) is 6.10. The van der Waals surface area contributed by atoms with Crippen molar-refractivity contribution in [2.24, 2.45) is 10.7 Å². The lowest BCUT2D eigenvalue weighted by atomic mass is 10.2. The molecule has 0 saturated carbocycles. The molecule has 0 saturated heterocycles. The van der Waals surface area contributed by atoms with Crippen LogP contribution < -0.4 is 20.5 Å². The number of hydrogen-bond donors (Lipinski definition) is 2. The number of guanidine groups is 1. The second kappa shape index (κ2) is 10.5. The third-order valence-corrected chi connectivity index (χ3v) is 2.97. The Hall–Kier alpha value is -1.18. The Kier molecular flexibility index (Phi) is 9.94. The Morgan fingerprint density at radius 3 is 2.62 bits per heavy atom. The molecule has 21 heavy (non-hydrogen) atoms. The molecule has 1 aromatic rings. The minimum Gasteiger partial charge on any atom is -0.493 e. The van der Waals surface area contributed by atoms with Crippen LogP contribution in [-0.2, 0) is 6.54 Å². The Balaban J connectivity index is 0.00000400. The number of halogens is 1. The van der Waals surface area contributed by atoms with Gasteiger partial charge in [-0.3, -0.25) is 0 Å². The molecule has 0 aromatic heterocycles. The van der Waals surface area contributed by atoms with Gasteiger partial charge in [0.2, 0.25) is 0 Å². The van der Waals surface area contributed by atoms with E-state index in [2.05, 4.69) is 24.2 Å². The maximum Gasteiger partial charge on any atom is 0.189 e. The zero-order chi connectivity index (χ0) is 15.0. The van der Waals surface area contributed by atoms with Crippen LogP contribution in [0.15, 0.2) is 23.2 Å². The Morgan fingerprint density at radius 2 is 2.05 bits per heavy atom. The summed E-state index contributed by atoms with van der Waals surface area (Å²) in [5.74, 6) is 1.93. The van der Waals surface area contributed by atoms with Gasteiger partial charge in [-0.25, -0.2) is 4.99 Å². The summed E-state index contributed by atoms with van der Waals surface area (Å²) in [4.78, 5) is 4.33. The van der Waals surface area contributed by atoms with E-state index < -0.39 is 0 Å². The molecule has 0 bridgehead atoms. The highest BCUT2D eigenvalue weighted by atomic mass is 127. The summed E-state index contributed by atoms with van der Waals surface area (Å²) in [5.41, 5.74) is 6.86. The van der Waals surface area contributed by atoms with E-state index in [1.165, 1.54) is 0 Å². The summed E-state index contributed by atoms with van der Waals surface area (Å²) in [6.07, 6.45) is 1.01. The van der Waals surface area contributed by atoms with Crippen LogP contribution in [0.3, 0.4) is 0 Å². The first-order valence-electron chi connectivity index (χ1n) is 6.96. The highest BCUT2D eigenvalue weighted by Gasteiger charge is 2.05. The van der Waals surface area contributed by atoms with Gasteiger partial charge in [0, 0.05) is 6.04 Å². The number of benzene rings is 1. The van der Waals surface area contributed by atoms with Crippen LogP contribution in [0, 0.1) is 0 Å². The number of nitrogens with zero attached hydrogens (tertiary/aromatic N) is 1. The molecule has 120 valence electrons. The summed E-state index contributed by atoms with van der Waals surface area (Å²) in [5, 5.41) is 3.13. The summed E-state index contributed by atoms with van der Waals surface area (Å²) in [6.45, 7) is 7.23. The molecular weight excluding hydrogens is 381 g/mol. The van der Waals surface area contributed by atoms with Gasteiger partial charge in [-0.05, 0) is 38.0 Å². The lowest BCUT2D eigenvalue weighted by Gasteiger charge is -2.12. The standard InChI is InChI=1S/C15H25N3O2.HI/c1-5-11(3)18-15(16)17-10-12-7-8-13(19-4)14(9-12)20-6-2;/h7-9,11H,5-6,10H2,1-4H3,(H3,16,17,18);1H. The Labute approximate surface area is 144 Å². The number of aliphatic imine (C=N–C) groups is 1. The number of methoxy groups -OCH3 is 1. The fourth-order valence-electron chi connectivity index (χ4n) is 1.66. The number of ether oxygens (including phenoxy) is 2.